The number of halogens is 2. The fraction of sp³-hybridized carbons (Fsp3) is 0.625. The summed E-state index contributed by atoms with van der Waals surface area (Å²) in [7, 11) is 2.03. The van der Waals surface area contributed by atoms with Crippen LogP contribution in [0.25, 0.3) is 0 Å². The zero-order valence-electron chi connectivity index (χ0n) is 12.4. The molecule has 0 radical (unpaired) electrons. The first-order chi connectivity index (χ1) is 9.19. The molecule has 1 fully saturated rings. The highest BCUT2D eigenvalue weighted by Gasteiger charge is 2.20. The average Bonchev–Trinajstić information content (AvgIpc) is 2.42. The zero-order chi connectivity index (χ0) is 13.7. The fourth-order valence-electron chi connectivity index (χ4n) is 2.95. The van der Waals surface area contributed by atoms with Crippen molar-refractivity contribution in [1.82, 2.24) is 10.2 Å². The Morgan fingerprint density at radius 1 is 1.25 bits per heavy atom. The van der Waals surface area contributed by atoms with Crippen LogP contribution < -0.4 is 5.32 Å². The average molecular weight is 301 g/mol. The van der Waals surface area contributed by atoms with Gasteiger partial charge in [0.2, 0.25) is 0 Å². The molecule has 0 bridgehead atoms. The van der Waals surface area contributed by atoms with Crippen molar-refractivity contribution >= 4 is 12.4 Å². The highest BCUT2D eigenvalue weighted by molar-refractivity contribution is 5.85. The van der Waals surface area contributed by atoms with Gasteiger partial charge in [-0.1, -0.05) is 19.1 Å². The molecule has 1 saturated heterocycles. The highest BCUT2D eigenvalue weighted by Crippen LogP contribution is 2.21. The molecular weight excluding hydrogens is 275 g/mol. The van der Waals surface area contributed by atoms with Crippen LogP contribution in [0.15, 0.2) is 24.3 Å². The molecule has 1 aromatic carbocycles. The third-order valence-electron chi connectivity index (χ3n) is 4.17. The fourth-order valence-corrected chi connectivity index (χ4v) is 2.95. The molecule has 114 valence electrons. The van der Waals surface area contributed by atoms with Gasteiger partial charge in [-0.3, -0.25) is 0 Å². The van der Waals surface area contributed by atoms with Crippen LogP contribution in [0.4, 0.5) is 4.39 Å². The molecule has 20 heavy (non-hydrogen) atoms. The Bertz CT molecular complexity index is 375. The monoisotopic (exact) mass is 300 g/mol. The van der Waals surface area contributed by atoms with E-state index in [4.69, 9.17) is 0 Å². The number of rotatable bonds is 5. The van der Waals surface area contributed by atoms with Gasteiger partial charge in [0, 0.05) is 6.54 Å². The van der Waals surface area contributed by atoms with E-state index in [2.05, 4.69) is 17.1 Å². The van der Waals surface area contributed by atoms with Crippen LogP contribution in [0.1, 0.15) is 31.2 Å². The summed E-state index contributed by atoms with van der Waals surface area (Å²) >= 11 is 0. The Kier molecular flexibility index (Phi) is 7.49. The lowest BCUT2D eigenvalue weighted by molar-refractivity contribution is 0.176. The van der Waals surface area contributed by atoms with E-state index < -0.39 is 0 Å². The van der Waals surface area contributed by atoms with Crippen molar-refractivity contribution in [3.63, 3.8) is 0 Å². The van der Waals surface area contributed by atoms with Crippen LogP contribution in [0.2, 0.25) is 0 Å². The molecule has 1 heterocycles. The van der Waals surface area contributed by atoms with Gasteiger partial charge in [-0.25, -0.2) is 4.39 Å². The first-order valence-electron chi connectivity index (χ1n) is 7.31. The van der Waals surface area contributed by atoms with Crippen molar-refractivity contribution in [2.75, 3.05) is 33.2 Å². The molecule has 0 aromatic heterocycles. The van der Waals surface area contributed by atoms with Gasteiger partial charge < -0.3 is 10.2 Å². The van der Waals surface area contributed by atoms with Gasteiger partial charge in [0.1, 0.15) is 5.82 Å². The summed E-state index contributed by atoms with van der Waals surface area (Å²) in [5.74, 6) is 1.16. The van der Waals surface area contributed by atoms with E-state index in [-0.39, 0.29) is 18.2 Å². The number of piperidine rings is 1. The lowest BCUT2D eigenvalue weighted by atomic mass is 9.94. The summed E-state index contributed by atoms with van der Waals surface area (Å²) < 4.78 is 12.9. The quantitative estimate of drug-likeness (QED) is 0.898. The molecule has 0 amide bonds. The van der Waals surface area contributed by atoms with E-state index in [1.807, 2.05) is 19.2 Å². The predicted molar refractivity (Wildman–Crippen MR) is 85.2 cm³/mol. The number of benzene rings is 1. The summed E-state index contributed by atoms with van der Waals surface area (Å²) in [4.78, 5) is 2.54. The molecular formula is C16H26ClFN2. The molecule has 1 atom stereocenters. The molecule has 1 aromatic rings. The third-order valence-corrected chi connectivity index (χ3v) is 4.17. The van der Waals surface area contributed by atoms with Crippen molar-refractivity contribution in [3.8, 4) is 0 Å². The molecule has 1 N–H and O–H groups in total. The van der Waals surface area contributed by atoms with Crippen LogP contribution in [0.3, 0.4) is 0 Å². The molecule has 0 aliphatic carbocycles. The van der Waals surface area contributed by atoms with Crippen LogP contribution in [-0.4, -0.2) is 38.1 Å². The molecule has 1 aliphatic rings. The lowest BCUT2D eigenvalue weighted by Crippen LogP contribution is -2.38. The smallest absolute Gasteiger partial charge is 0.123 e. The minimum Gasteiger partial charge on any atom is -0.319 e. The topological polar surface area (TPSA) is 15.3 Å². The van der Waals surface area contributed by atoms with Gasteiger partial charge in [-0.2, -0.15) is 0 Å². The lowest BCUT2D eigenvalue weighted by Gasteiger charge is -2.33. The van der Waals surface area contributed by atoms with Gasteiger partial charge >= 0.3 is 0 Å². The number of likely N-dealkylation sites (tertiary alicyclic amines) is 1. The van der Waals surface area contributed by atoms with Gasteiger partial charge in [-0.15, -0.1) is 12.4 Å². The molecule has 0 saturated carbocycles. The molecule has 0 spiro atoms. The predicted octanol–water partition coefficient (Wildman–Crippen LogP) is 3.28. The maximum atomic E-state index is 12.9. The minimum atomic E-state index is -0.149. The Hall–Kier alpha value is -0.640. The highest BCUT2D eigenvalue weighted by atomic mass is 35.5. The molecule has 2 rings (SSSR count). The first-order valence-corrected chi connectivity index (χ1v) is 7.31. The number of nitrogens with one attached hydrogen (secondary N) is 1. The number of hydrogen-bond acceptors (Lipinski definition) is 2. The van der Waals surface area contributed by atoms with Crippen LogP contribution in [0, 0.1) is 11.7 Å². The summed E-state index contributed by atoms with van der Waals surface area (Å²) in [5, 5.41) is 3.27. The van der Waals surface area contributed by atoms with Crippen molar-refractivity contribution in [2.45, 2.75) is 25.7 Å². The Morgan fingerprint density at radius 2 is 1.85 bits per heavy atom. The van der Waals surface area contributed by atoms with Gasteiger partial charge in [0.25, 0.3) is 0 Å². The Labute approximate surface area is 128 Å². The van der Waals surface area contributed by atoms with Crippen LogP contribution in [0.5, 0.6) is 0 Å². The maximum Gasteiger partial charge on any atom is 0.123 e. The summed E-state index contributed by atoms with van der Waals surface area (Å²) in [5.41, 5.74) is 1.23. The normalized spacial score (nSPS) is 18.6. The third kappa shape index (κ3) is 5.04. The second-order valence-electron chi connectivity index (χ2n) is 5.75. The van der Waals surface area contributed by atoms with E-state index in [1.54, 1.807) is 12.1 Å². The van der Waals surface area contributed by atoms with Crippen molar-refractivity contribution in [2.24, 2.45) is 5.92 Å². The van der Waals surface area contributed by atoms with Crippen LogP contribution in [-0.2, 0) is 0 Å². The Balaban J connectivity index is 0.00000200. The zero-order valence-corrected chi connectivity index (χ0v) is 13.3. The van der Waals surface area contributed by atoms with E-state index in [0.717, 1.165) is 19.0 Å². The number of nitrogens with zero attached hydrogens (tertiary/aromatic N) is 1. The van der Waals surface area contributed by atoms with Gasteiger partial charge in [0.15, 0.2) is 0 Å². The standard InChI is InChI=1S/C16H25FN2.ClH/c1-13(15-3-5-16(17)6-4-15)12-19-9-7-14(8-10-19)11-18-2;/h3-6,13-14,18H,7-12H2,1-2H3;1H. The van der Waals surface area contributed by atoms with E-state index in [0.29, 0.717) is 5.92 Å². The van der Waals surface area contributed by atoms with E-state index in [9.17, 15) is 4.39 Å². The van der Waals surface area contributed by atoms with Crippen molar-refractivity contribution < 1.29 is 4.39 Å². The molecule has 4 heteroatoms. The second-order valence-corrected chi connectivity index (χ2v) is 5.75. The Morgan fingerprint density at radius 3 is 2.40 bits per heavy atom. The van der Waals surface area contributed by atoms with Crippen molar-refractivity contribution in [3.05, 3.63) is 35.6 Å². The molecule has 2 nitrogen and oxygen atoms in total. The summed E-state index contributed by atoms with van der Waals surface area (Å²) in [6, 6.07) is 6.94. The van der Waals surface area contributed by atoms with Gasteiger partial charge in [0.05, 0.1) is 0 Å². The van der Waals surface area contributed by atoms with Crippen LogP contribution >= 0.6 is 12.4 Å². The second kappa shape index (κ2) is 8.60. The maximum absolute atomic E-state index is 12.9. The van der Waals surface area contributed by atoms with E-state index in [1.165, 1.54) is 31.5 Å². The largest absolute Gasteiger partial charge is 0.319 e. The number of hydrogen-bond donors (Lipinski definition) is 1. The summed E-state index contributed by atoms with van der Waals surface area (Å²) in [6.45, 7) is 6.84. The first kappa shape index (κ1) is 17.4. The van der Waals surface area contributed by atoms with Crippen molar-refractivity contribution in [1.29, 1.82) is 0 Å². The minimum absolute atomic E-state index is 0. The van der Waals surface area contributed by atoms with Gasteiger partial charge in [-0.05, 0) is 69.1 Å². The SMILES string of the molecule is CNCC1CCN(CC(C)c2ccc(F)cc2)CC1.Cl. The van der Waals surface area contributed by atoms with E-state index >= 15 is 0 Å². The molecule has 1 aliphatic heterocycles. The summed E-state index contributed by atoms with van der Waals surface area (Å²) in [6.07, 6.45) is 2.58. The molecule has 1 unspecified atom stereocenters.